The number of hydrogen-bond acceptors (Lipinski definition) is 5. The number of sulfonamides is 1. The summed E-state index contributed by atoms with van der Waals surface area (Å²) in [5.41, 5.74) is 0.496. The molecule has 0 aliphatic carbocycles. The third-order valence-corrected chi connectivity index (χ3v) is 6.31. The van der Waals surface area contributed by atoms with Crippen molar-refractivity contribution in [2.45, 2.75) is 18.0 Å². The van der Waals surface area contributed by atoms with Crippen molar-refractivity contribution in [2.75, 3.05) is 10.0 Å². The minimum absolute atomic E-state index is 0.000472. The lowest BCUT2D eigenvalue weighted by molar-refractivity contribution is -0.137. The van der Waals surface area contributed by atoms with E-state index in [-0.39, 0.29) is 27.2 Å². The molecule has 0 bridgehead atoms. The standard InChI is InChI=1S/C22H16ClF3N4O2S/c1-13-5-4-6-15(11-13)33(31,32)30-21-20(27-17-7-2-3-8-18(17)28-21)29-19-12-14(22(24,25)26)9-10-16(19)23/h2-12H,1H3,(H,27,29)(H,28,30). The number of anilines is 3. The Labute approximate surface area is 192 Å². The van der Waals surface area contributed by atoms with Gasteiger partial charge in [-0.25, -0.2) is 18.4 Å². The van der Waals surface area contributed by atoms with Crippen LogP contribution in [0.5, 0.6) is 0 Å². The topological polar surface area (TPSA) is 84.0 Å². The molecule has 2 N–H and O–H groups in total. The van der Waals surface area contributed by atoms with Crippen molar-refractivity contribution >= 4 is 50.0 Å². The van der Waals surface area contributed by atoms with Gasteiger partial charge < -0.3 is 5.32 Å². The Balaban J connectivity index is 1.81. The molecule has 0 amide bonds. The van der Waals surface area contributed by atoms with Crippen molar-refractivity contribution < 1.29 is 21.6 Å². The fraction of sp³-hybridized carbons (Fsp3) is 0.0909. The molecular weight excluding hydrogens is 477 g/mol. The van der Waals surface area contributed by atoms with E-state index in [1.165, 1.54) is 12.1 Å². The SMILES string of the molecule is Cc1cccc(S(=O)(=O)Nc2nc3ccccc3nc2Nc2cc(C(F)(F)F)ccc2Cl)c1. The fourth-order valence-corrected chi connectivity index (χ4v) is 4.33. The van der Waals surface area contributed by atoms with E-state index in [0.717, 1.165) is 23.8 Å². The fourth-order valence-electron chi connectivity index (χ4n) is 3.05. The number of nitrogens with zero attached hydrogens (tertiary/aromatic N) is 2. The van der Waals surface area contributed by atoms with Crippen LogP contribution in [0.1, 0.15) is 11.1 Å². The largest absolute Gasteiger partial charge is 0.416 e. The number of rotatable bonds is 5. The van der Waals surface area contributed by atoms with E-state index in [9.17, 15) is 21.6 Å². The lowest BCUT2D eigenvalue weighted by atomic mass is 10.2. The molecule has 1 heterocycles. The maximum atomic E-state index is 13.2. The molecule has 11 heteroatoms. The second-order valence-corrected chi connectivity index (χ2v) is 9.24. The van der Waals surface area contributed by atoms with Crippen LogP contribution in [-0.4, -0.2) is 18.4 Å². The van der Waals surface area contributed by atoms with Crippen molar-refractivity contribution in [3.8, 4) is 0 Å². The Kier molecular flexibility index (Phi) is 5.89. The Morgan fingerprint density at radius 1 is 0.879 bits per heavy atom. The van der Waals surface area contributed by atoms with E-state index >= 15 is 0 Å². The third kappa shape index (κ3) is 5.01. The maximum absolute atomic E-state index is 13.2. The number of halogens is 4. The van der Waals surface area contributed by atoms with Gasteiger partial charge in [0.25, 0.3) is 10.0 Å². The Hall–Kier alpha value is -3.37. The summed E-state index contributed by atoms with van der Waals surface area (Å²) in [6.07, 6.45) is -4.59. The zero-order valence-electron chi connectivity index (χ0n) is 17.0. The molecule has 4 aromatic rings. The molecule has 4 rings (SSSR count). The molecule has 0 atom stereocenters. The average molecular weight is 493 g/mol. The van der Waals surface area contributed by atoms with Gasteiger partial charge in [-0.05, 0) is 55.0 Å². The van der Waals surface area contributed by atoms with Crippen LogP contribution in [-0.2, 0) is 16.2 Å². The molecule has 0 fully saturated rings. The molecule has 1 aromatic heterocycles. The second kappa shape index (κ2) is 8.53. The van der Waals surface area contributed by atoms with Crippen molar-refractivity contribution in [1.29, 1.82) is 0 Å². The number of aryl methyl sites for hydroxylation is 1. The predicted octanol–water partition coefficient (Wildman–Crippen LogP) is 6.15. The number of para-hydroxylation sites is 2. The van der Waals surface area contributed by atoms with Crippen molar-refractivity contribution in [3.05, 3.63) is 82.9 Å². The first kappa shape index (κ1) is 22.8. The maximum Gasteiger partial charge on any atom is 0.416 e. The van der Waals surface area contributed by atoms with Gasteiger partial charge in [0, 0.05) is 0 Å². The molecule has 0 aliphatic rings. The van der Waals surface area contributed by atoms with Crippen LogP contribution in [0.3, 0.4) is 0 Å². The molecule has 33 heavy (non-hydrogen) atoms. The van der Waals surface area contributed by atoms with Gasteiger partial charge in [0.15, 0.2) is 11.6 Å². The minimum atomic E-state index is -4.59. The number of nitrogens with one attached hydrogen (secondary N) is 2. The number of aromatic nitrogens is 2. The smallest absolute Gasteiger partial charge is 0.336 e. The van der Waals surface area contributed by atoms with Gasteiger partial charge in [0.05, 0.1) is 32.2 Å². The number of benzene rings is 3. The van der Waals surface area contributed by atoms with Gasteiger partial charge in [-0.3, -0.25) is 4.72 Å². The van der Waals surface area contributed by atoms with E-state index in [1.807, 2.05) is 0 Å². The summed E-state index contributed by atoms with van der Waals surface area (Å²) >= 11 is 6.10. The van der Waals surface area contributed by atoms with E-state index in [4.69, 9.17) is 11.6 Å². The first-order valence-electron chi connectivity index (χ1n) is 9.53. The molecule has 3 aromatic carbocycles. The molecule has 170 valence electrons. The van der Waals surface area contributed by atoms with Crippen LogP contribution < -0.4 is 10.0 Å². The van der Waals surface area contributed by atoms with Crippen LogP contribution in [0.4, 0.5) is 30.5 Å². The molecule has 0 aliphatic heterocycles. The predicted molar refractivity (Wildman–Crippen MR) is 121 cm³/mol. The number of hydrogen-bond donors (Lipinski definition) is 2. The van der Waals surface area contributed by atoms with Crippen LogP contribution in [0.25, 0.3) is 11.0 Å². The molecule has 0 saturated heterocycles. The summed E-state index contributed by atoms with van der Waals surface area (Å²) in [6.45, 7) is 1.75. The van der Waals surface area contributed by atoms with E-state index in [2.05, 4.69) is 20.0 Å². The molecule has 0 unspecified atom stereocenters. The van der Waals surface area contributed by atoms with E-state index in [1.54, 1.807) is 43.3 Å². The quantitative estimate of drug-likeness (QED) is 0.349. The summed E-state index contributed by atoms with van der Waals surface area (Å²) in [6, 6.07) is 15.7. The Morgan fingerprint density at radius 2 is 1.55 bits per heavy atom. The second-order valence-electron chi connectivity index (χ2n) is 7.15. The monoisotopic (exact) mass is 492 g/mol. The number of alkyl halides is 3. The molecule has 0 saturated carbocycles. The summed E-state index contributed by atoms with van der Waals surface area (Å²) in [5, 5.41) is 2.69. The lowest BCUT2D eigenvalue weighted by Crippen LogP contribution is -2.16. The van der Waals surface area contributed by atoms with Crippen LogP contribution >= 0.6 is 11.6 Å². The summed E-state index contributed by atoms with van der Waals surface area (Å²) in [5.74, 6) is -0.296. The zero-order chi connectivity index (χ0) is 23.8. The highest BCUT2D eigenvalue weighted by atomic mass is 35.5. The number of fused-ring (bicyclic) bond motifs is 1. The molecule has 0 spiro atoms. The van der Waals surface area contributed by atoms with Gasteiger partial charge in [0.2, 0.25) is 0 Å². The third-order valence-electron chi connectivity index (χ3n) is 4.65. The highest BCUT2D eigenvalue weighted by Crippen LogP contribution is 2.36. The molecule has 6 nitrogen and oxygen atoms in total. The zero-order valence-corrected chi connectivity index (χ0v) is 18.6. The Bertz CT molecular complexity index is 1460. The van der Waals surface area contributed by atoms with E-state index in [0.29, 0.717) is 11.0 Å². The normalized spacial score (nSPS) is 12.0. The average Bonchev–Trinajstić information content (AvgIpc) is 2.74. The van der Waals surface area contributed by atoms with Gasteiger partial charge in [-0.15, -0.1) is 0 Å². The first-order valence-corrected chi connectivity index (χ1v) is 11.4. The molecular formula is C22H16ClF3N4O2S. The van der Waals surface area contributed by atoms with E-state index < -0.39 is 21.8 Å². The van der Waals surface area contributed by atoms with Crippen molar-refractivity contribution in [1.82, 2.24) is 9.97 Å². The van der Waals surface area contributed by atoms with Crippen molar-refractivity contribution in [3.63, 3.8) is 0 Å². The Morgan fingerprint density at radius 3 is 2.18 bits per heavy atom. The first-order chi connectivity index (χ1) is 15.5. The minimum Gasteiger partial charge on any atom is -0.336 e. The van der Waals surface area contributed by atoms with Crippen LogP contribution in [0, 0.1) is 6.92 Å². The highest BCUT2D eigenvalue weighted by Gasteiger charge is 2.31. The van der Waals surface area contributed by atoms with Crippen LogP contribution in [0.15, 0.2) is 71.6 Å². The highest BCUT2D eigenvalue weighted by molar-refractivity contribution is 7.92. The summed E-state index contributed by atoms with van der Waals surface area (Å²) in [7, 11) is -4.07. The van der Waals surface area contributed by atoms with Gasteiger partial charge in [-0.2, -0.15) is 13.2 Å². The van der Waals surface area contributed by atoms with Gasteiger partial charge in [-0.1, -0.05) is 35.9 Å². The van der Waals surface area contributed by atoms with Crippen LogP contribution in [0.2, 0.25) is 5.02 Å². The van der Waals surface area contributed by atoms with Crippen molar-refractivity contribution in [2.24, 2.45) is 0 Å². The summed E-state index contributed by atoms with van der Waals surface area (Å²) < 4.78 is 67.8. The van der Waals surface area contributed by atoms with Gasteiger partial charge >= 0.3 is 6.18 Å². The summed E-state index contributed by atoms with van der Waals surface area (Å²) in [4.78, 5) is 8.68. The lowest BCUT2D eigenvalue weighted by Gasteiger charge is -2.16. The van der Waals surface area contributed by atoms with Gasteiger partial charge in [0.1, 0.15) is 0 Å². The molecule has 0 radical (unpaired) electrons.